The van der Waals surface area contributed by atoms with E-state index in [-0.39, 0.29) is 0 Å². The van der Waals surface area contributed by atoms with E-state index in [2.05, 4.69) is 30.5 Å². The maximum atomic E-state index is 10.8. The maximum Gasteiger partial charge on any atom is 0.340 e. The summed E-state index contributed by atoms with van der Waals surface area (Å²) in [5.41, 5.74) is 1.43. The van der Waals surface area contributed by atoms with Crippen molar-refractivity contribution in [1.29, 1.82) is 0 Å². The smallest absolute Gasteiger partial charge is 0.340 e. The molecule has 0 aliphatic rings. The fourth-order valence-corrected chi connectivity index (χ4v) is 3.31. The Morgan fingerprint density at radius 2 is 1.46 bits per heavy atom. The van der Waals surface area contributed by atoms with E-state index >= 15 is 0 Å². The van der Waals surface area contributed by atoms with Crippen LogP contribution >= 0.6 is 35.0 Å². The SMILES string of the molecule is CSc1ccc(CCCCCCCCCCC(Cl)(Cl)C(=O)O)cc1. The Balaban J connectivity index is 1.94. The summed E-state index contributed by atoms with van der Waals surface area (Å²) in [5.74, 6) is -1.14. The van der Waals surface area contributed by atoms with Crippen LogP contribution in [0.4, 0.5) is 0 Å². The molecule has 1 N–H and O–H groups in total. The van der Waals surface area contributed by atoms with Gasteiger partial charge in [0.1, 0.15) is 0 Å². The summed E-state index contributed by atoms with van der Waals surface area (Å²) in [6.45, 7) is 0. The number of carboxylic acids is 1. The van der Waals surface area contributed by atoms with Crippen LogP contribution < -0.4 is 0 Å². The van der Waals surface area contributed by atoms with Crippen LogP contribution in [0.5, 0.6) is 0 Å². The Hall–Kier alpha value is -0.380. The first kappa shape index (κ1) is 21.7. The third kappa shape index (κ3) is 9.19. The number of halogens is 2. The Bertz CT molecular complexity index is 475. The quantitative estimate of drug-likeness (QED) is 0.230. The predicted molar refractivity (Wildman–Crippen MR) is 106 cm³/mol. The minimum atomic E-state index is -1.62. The van der Waals surface area contributed by atoms with Crippen molar-refractivity contribution in [2.75, 3.05) is 6.26 Å². The highest BCUT2D eigenvalue weighted by Gasteiger charge is 2.32. The van der Waals surface area contributed by atoms with Gasteiger partial charge in [0, 0.05) is 4.90 Å². The summed E-state index contributed by atoms with van der Waals surface area (Å²) in [6.07, 6.45) is 12.7. The number of alkyl halides is 2. The largest absolute Gasteiger partial charge is 0.479 e. The first-order valence-electron chi connectivity index (χ1n) is 8.70. The van der Waals surface area contributed by atoms with Crippen molar-refractivity contribution in [1.82, 2.24) is 0 Å². The summed E-state index contributed by atoms with van der Waals surface area (Å²) in [7, 11) is 0. The predicted octanol–water partition coefficient (Wildman–Crippen LogP) is 6.72. The number of hydrogen-bond acceptors (Lipinski definition) is 2. The number of hydrogen-bond donors (Lipinski definition) is 1. The van der Waals surface area contributed by atoms with Crippen LogP contribution in [-0.4, -0.2) is 21.7 Å². The molecule has 0 aromatic heterocycles. The average molecular weight is 391 g/mol. The molecule has 0 radical (unpaired) electrons. The molecule has 0 bridgehead atoms. The van der Waals surface area contributed by atoms with E-state index in [1.165, 1.54) is 42.6 Å². The molecule has 1 aromatic rings. The number of thioether (sulfide) groups is 1. The fourth-order valence-electron chi connectivity index (χ4n) is 2.64. The number of rotatable bonds is 13. The normalized spacial score (nSPS) is 11.6. The van der Waals surface area contributed by atoms with E-state index < -0.39 is 10.3 Å². The second kappa shape index (κ2) is 12.1. The lowest BCUT2D eigenvalue weighted by Gasteiger charge is -2.13. The molecule has 0 spiro atoms. The molecule has 24 heavy (non-hydrogen) atoms. The molecular weight excluding hydrogens is 363 g/mol. The third-order valence-electron chi connectivity index (χ3n) is 4.18. The van der Waals surface area contributed by atoms with E-state index in [9.17, 15) is 4.79 Å². The topological polar surface area (TPSA) is 37.3 Å². The van der Waals surface area contributed by atoms with Gasteiger partial charge in [0.25, 0.3) is 0 Å². The highest BCUT2D eigenvalue weighted by molar-refractivity contribution is 7.98. The van der Waals surface area contributed by atoms with Gasteiger partial charge in [-0.25, -0.2) is 4.79 Å². The molecule has 0 aliphatic carbocycles. The number of aliphatic carboxylic acids is 1. The molecule has 1 aromatic carbocycles. The van der Waals surface area contributed by atoms with Crippen LogP contribution in [-0.2, 0) is 11.2 Å². The Labute approximate surface area is 160 Å². The number of benzene rings is 1. The minimum Gasteiger partial charge on any atom is -0.479 e. The molecular formula is C19H28Cl2O2S. The lowest BCUT2D eigenvalue weighted by molar-refractivity contribution is -0.138. The molecule has 0 amide bonds. The van der Waals surface area contributed by atoms with Crippen molar-refractivity contribution in [3.05, 3.63) is 29.8 Å². The van der Waals surface area contributed by atoms with Crippen LogP contribution in [0.3, 0.4) is 0 Å². The van der Waals surface area contributed by atoms with Gasteiger partial charge in [-0.05, 0) is 49.6 Å². The second-order valence-electron chi connectivity index (χ2n) is 6.19. The number of carboxylic acid groups (broad SMARTS) is 1. The molecule has 2 nitrogen and oxygen atoms in total. The van der Waals surface area contributed by atoms with Gasteiger partial charge >= 0.3 is 5.97 Å². The molecule has 1 rings (SSSR count). The highest BCUT2D eigenvalue weighted by atomic mass is 35.5. The zero-order valence-electron chi connectivity index (χ0n) is 14.4. The van der Waals surface area contributed by atoms with E-state index in [0.717, 1.165) is 25.7 Å². The lowest BCUT2D eigenvalue weighted by atomic mass is 10.0. The Morgan fingerprint density at radius 3 is 1.96 bits per heavy atom. The van der Waals surface area contributed by atoms with Crippen molar-refractivity contribution >= 4 is 40.9 Å². The van der Waals surface area contributed by atoms with Gasteiger partial charge in [0.2, 0.25) is 4.33 Å². The van der Waals surface area contributed by atoms with E-state index in [1.807, 2.05) is 0 Å². The highest BCUT2D eigenvalue weighted by Crippen LogP contribution is 2.28. The van der Waals surface area contributed by atoms with Crippen LogP contribution in [0.2, 0.25) is 0 Å². The summed E-state index contributed by atoms with van der Waals surface area (Å²) < 4.78 is -1.62. The first-order valence-corrected chi connectivity index (χ1v) is 10.7. The average Bonchev–Trinajstić information content (AvgIpc) is 2.57. The second-order valence-corrected chi connectivity index (χ2v) is 8.55. The van der Waals surface area contributed by atoms with Crippen LogP contribution in [0, 0.1) is 0 Å². The van der Waals surface area contributed by atoms with Crippen molar-refractivity contribution in [2.45, 2.75) is 73.4 Å². The molecule has 5 heteroatoms. The van der Waals surface area contributed by atoms with Crippen molar-refractivity contribution in [3.63, 3.8) is 0 Å². The van der Waals surface area contributed by atoms with Crippen molar-refractivity contribution < 1.29 is 9.90 Å². The molecule has 0 atom stereocenters. The maximum absolute atomic E-state index is 10.8. The lowest BCUT2D eigenvalue weighted by Crippen LogP contribution is -2.25. The molecule has 0 saturated carbocycles. The molecule has 136 valence electrons. The van der Waals surface area contributed by atoms with Gasteiger partial charge in [-0.15, -0.1) is 11.8 Å². The number of unbranched alkanes of at least 4 members (excludes halogenated alkanes) is 7. The summed E-state index contributed by atoms with van der Waals surface area (Å²) >= 11 is 13.2. The van der Waals surface area contributed by atoms with Gasteiger partial charge in [-0.2, -0.15) is 0 Å². The summed E-state index contributed by atoms with van der Waals surface area (Å²) in [4.78, 5) is 12.1. The van der Waals surface area contributed by atoms with Gasteiger partial charge < -0.3 is 5.11 Å². The van der Waals surface area contributed by atoms with E-state index in [0.29, 0.717) is 6.42 Å². The van der Waals surface area contributed by atoms with Crippen LogP contribution in [0.1, 0.15) is 63.4 Å². The fraction of sp³-hybridized carbons (Fsp3) is 0.632. The van der Waals surface area contributed by atoms with E-state index in [1.54, 1.807) is 11.8 Å². The van der Waals surface area contributed by atoms with Gasteiger partial charge in [-0.3, -0.25) is 0 Å². The zero-order valence-corrected chi connectivity index (χ0v) is 16.7. The van der Waals surface area contributed by atoms with Gasteiger partial charge in [-0.1, -0.05) is 73.9 Å². The van der Waals surface area contributed by atoms with Crippen LogP contribution in [0.15, 0.2) is 29.2 Å². The van der Waals surface area contributed by atoms with Gasteiger partial charge in [0.05, 0.1) is 0 Å². The third-order valence-corrected chi connectivity index (χ3v) is 5.62. The summed E-state index contributed by atoms with van der Waals surface area (Å²) in [6, 6.07) is 8.86. The molecule has 0 aliphatic heterocycles. The van der Waals surface area contributed by atoms with Gasteiger partial charge in [0.15, 0.2) is 0 Å². The van der Waals surface area contributed by atoms with E-state index in [4.69, 9.17) is 28.3 Å². The monoisotopic (exact) mass is 390 g/mol. The molecule has 0 saturated heterocycles. The standard InChI is InChI=1S/C19H28Cl2O2S/c1-24-17-13-11-16(12-14-17)10-8-6-4-2-3-5-7-9-15-19(20,21)18(22)23/h11-14H,2-10,15H2,1H3,(H,22,23). The number of carbonyl (C=O) groups is 1. The van der Waals surface area contributed by atoms with Crippen molar-refractivity contribution in [2.24, 2.45) is 0 Å². The Kier molecular flexibility index (Phi) is 10.9. The van der Waals surface area contributed by atoms with Crippen molar-refractivity contribution in [3.8, 4) is 0 Å². The minimum absolute atomic E-state index is 0.320. The summed E-state index contributed by atoms with van der Waals surface area (Å²) in [5, 5.41) is 8.81. The first-order chi connectivity index (χ1) is 11.5. The molecule has 0 heterocycles. The van der Waals surface area contributed by atoms with Crippen LogP contribution in [0.25, 0.3) is 0 Å². The Morgan fingerprint density at radius 1 is 0.958 bits per heavy atom. The zero-order chi connectivity index (χ0) is 17.8. The molecule has 0 fully saturated rings. The molecule has 0 unspecified atom stereocenters. The number of aryl methyl sites for hydroxylation is 1.